The van der Waals surface area contributed by atoms with Crippen LogP contribution < -0.4 is 10.2 Å². The van der Waals surface area contributed by atoms with Crippen LogP contribution in [0, 0.1) is 5.92 Å². The first-order chi connectivity index (χ1) is 17.3. The van der Waals surface area contributed by atoms with Crippen LogP contribution in [0.15, 0.2) is 43.0 Å². The molecule has 8 heteroatoms. The van der Waals surface area contributed by atoms with E-state index in [-0.39, 0.29) is 0 Å². The topological polar surface area (TPSA) is 81.0 Å². The number of ether oxygens (including phenoxy) is 1. The fourth-order valence-corrected chi connectivity index (χ4v) is 5.42. The minimum Gasteiger partial charge on any atom is -0.375 e. The van der Waals surface area contributed by atoms with Crippen molar-refractivity contribution >= 4 is 5.69 Å². The summed E-state index contributed by atoms with van der Waals surface area (Å²) in [7, 11) is 0. The lowest BCUT2D eigenvalue weighted by molar-refractivity contribution is -0.0851. The molecular formula is C27H33N7O. The fraction of sp³-hybridized carbons (Fsp3) is 0.556. The molecule has 35 heavy (non-hydrogen) atoms. The number of rotatable bonds is 8. The minimum atomic E-state index is -0.401. The van der Waals surface area contributed by atoms with Gasteiger partial charge in [0, 0.05) is 37.1 Å². The van der Waals surface area contributed by atoms with Gasteiger partial charge in [0.1, 0.15) is 5.69 Å². The number of nitrogens with one attached hydrogen (secondary N) is 1. The molecule has 2 aliphatic heterocycles. The lowest BCUT2D eigenvalue weighted by Gasteiger charge is -2.40. The average Bonchev–Trinajstić information content (AvgIpc) is 3.82. The zero-order chi connectivity index (χ0) is 23.2. The van der Waals surface area contributed by atoms with Crippen molar-refractivity contribution < 1.29 is 4.74 Å². The maximum Gasteiger partial charge on any atom is 0.152 e. The molecule has 7 rings (SSSR count). The predicted molar refractivity (Wildman–Crippen MR) is 133 cm³/mol. The zero-order valence-electron chi connectivity index (χ0n) is 20.1. The summed E-state index contributed by atoms with van der Waals surface area (Å²) in [5, 5.41) is 12.8. The Kier molecular flexibility index (Phi) is 5.31. The SMILES string of the molecule is c1ncc(C2CC2)cc1-c1cn(C2(c3ccc(N4CCCC(NCC5CC5)C4)cn3)COC2)nn1. The second-order valence-electron chi connectivity index (χ2n) is 10.9. The number of hydrogen-bond donors (Lipinski definition) is 1. The van der Waals surface area contributed by atoms with Crippen molar-refractivity contribution in [3.05, 3.63) is 54.2 Å². The monoisotopic (exact) mass is 471 g/mol. The summed E-state index contributed by atoms with van der Waals surface area (Å²) in [5.74, 6) is 1.58. The van der Waals surface area contributed by atoms with Gasteiger partial charge in [0.25, 0.3) is 0 Å². The lowest BCUT2D eigenvalue weighted by Crippen LogP contribution is -2.53. The molecule has 4 aliphatic rings. The Morgan fingerprint density at radius 2 is 1.97 bits per heavy atom. The standard InChI is InChI=1S/C27H33N7O/c1-2-23(29-11-19-3-4-19)15-33(9-1)24-7-8-26(30-14-24)27(17-35-18-27)34-16-25(31-32-34)22-10-21(12-28-13-22)20-5-6-20/h7-8,10,12-14,16,19-20,23,29H,1-6,9,11,15,17-18H2. The maximum absolute atomic E-state index is 5.67. The summed E-state index contributed by atoms with van der Waals surface area (Å²) in [6.07, 6.45) is 15.7. The van der Waals surface area contributed by atoms with Crippen molar-refractivity contribution in [2.75, 3.05) is 37.7 Å². The van der Waals surface area contributed by atoms with E-state index in [1.807, 2.05) is 29.5 Å². The molecule has 2 aliphatic carbocycles. The first-order valence-corrected chi connectivity index (χ1v) is 13.2. The zero-order valence-corrected chi connectivity index (χ0v) is 20.1. The molecule has 8 nitrogen and oxygen atoms in total. The third-order valence-electron chi connectivity index (χ3n) is 8.12. The van der Waals surface area contributed by atoms with Gasteiger partial charge in [0.15, 0.2) is 5.54 Å². The second kappa shape index (κ2) is 8.68. The number of pyridine rings is 2. The van der Waals surface area contributed by atoms with E-state index in [1.54, 1.807) is 0 Å². The van der Waals surface area contributed by atoms with E-state index in [2.05, 4.69) is 43.7 Å². The summed E-state index contributed by atoms with van der Waals surface area (Å²) in [6, 6.07) is 7.15. The van der Waals surface area contributed by atoms with Gasteiger partial charge in [0.05, 0.1) is 37.0 Å². The molecule has 5 heterocycles. The van der Waals surface area contributed by atoms with Crippen LogP contribution in [0.4, 0.5) is 5.69 Å². The Balaban J connectivity index is 1.08. The van der Waals surface area contributed by atoms with Gasteiger partial charge in [-0.2, -0.15) is 0 Å². The maximum atomic E-state index is 5.67. The van der Waals surface area contributed by atoms with Gasteiger partial charge in [-0.1, -0.05) is 5.21 Å². The van der Waals surface area contributed by atoms with Crippen LogP contribution in [0.2, 0.25) is 0 Å². The van der Waals surface area contributed by atoms with Crippen LogP contribution in [0.1, 0.15) is 55.7 Å². The van der Waals surface area contributed by atoms with Gasteiger partial charge in [-0.3, -0.25) is 9.97 Å². The molecule has 1 N–H and O–H groups in total. The average molecular weight is 472 g/mol. The summed E-state index contributed by atoms with van der Waals surface area (Å²) in [6.45, 7) is 4.44. The highest BCUT2D eigenvalue weighted by atomic mass is 16.5. The summed E-state index contributed by atoms with van der Waals surface area (Å²) < 4.78 is 7.61. The van der Waals surface area contributed by atoms with E-state index >= 15 is 0 Å². The van der Waals surface area contributed by atoms with Crippen molar-refractivity contribution in [1.82, 2.24) is 30.3 Å². The number of aromatic nitrogens is 5. The van der Waals surface area contributed by atoms with Crippen molar-refractivity contribution in [1.29, 1.82) is 0 Å². The van der Waals surface area contributed by atoms with Crippen molar-refractivity contribution in [2.45, 2.75) is 56.0 Å². The molecule has 3 aromatic rings. The second-order valence-corrected chi connectivity index (χ2v) is 10.9. The van der Waals surface area contributed by atoms with E-state index in [0.717, 1.165) is 36.0 Å². The Morgan fingerprint density at radius 3 is 2.71 bits per heavy atom. The lowest BCUT2D eigenvalue weighted by atomic mass is 9.92. The minimum absolute atomic E-state index is 0.401. The van der Waals surface area contributed by atoms with Gasteiger partial charge in [-0.15, -0.1) is 5.10 Å². The van der Waals surface area contributed by atoms with Gasteiger partial charge in [-0.05, 0) is 80.7 Å². The summed E-state index contributed by atoms with van der Waals surface area (Å²) in [5.41, 5.74) is 4.95. The normalized spacial score (nSPS) is 23.8. The van der Waals surface area contributed by atoms with E-state index in [9.17, 15) is 0 Å². The molecule has 2 saturated carbocycles. The Bertz CT molecular complexity index is 1180. The molecule has 0 radical (unpaired) electrons. The molecule has 3 aromatic heterocycles. The van der Waals surface area contributed by atoms with Crippen LogP contribution in [0.25, 0.3) is 11.3 Å². The van der Waals surface area contributed by atoms with Gasteiger partial charge in [-0.25, -0.2) is 4.68 Å². The van der Waals surface area contributed by atoms with Crippen molar-refractivity contribution in [3.63, 3.8) is 0 Å². The van der Waals surface area contributed by atoms with Crippen LogP contribution in [0.3, 0.4) is 0 Å². The first kappa shape index (κ1) is 21.4. The molecular weight excluding hydrogens is 438 g/mol. The van der Waals surface area contributed by atoms with E-state index in [0.29, 0.717) is 25.2 Å². The van der Waals surface area contributed by atoms with E-state index < -0.39 is 5.54 Å². The number of hydrogen-bond acceptors (Lipinski definition) is 7. The smallest absolute Gasteiger partial charge is 0.152 e. The molecule has 4 fully saturated rings. The highest BCUT2D eigenvalue weighted by Gasteiger charge is 2.45. The van der Waals surface area contributed by atoms with Crippen LogP contribution >= 0.6 is 0 Å². The third kappa shape index (κ3) is 4.23. The van der Waals surface area contributed by atoms with Crippen molar-refractivity contribution in [3.8, 4) is 11.3 Å². The fourth-order valence-electron chi connectivity index (χ4n) is 5.42. The van der Waals surface area contributed by atoms with Gasteiger partial charge in [0.2, 0.25) is 0 Å². The summed E-state index contributed by atoms with van der Waals surface area (Å²) in [4.78, 5) is 11.8. The number of piperidine rings is 1. The summed E-state index contributed by atoms with van der Waals surface area (Å²) >= 11 is 0. The van der Waals surface area contributed by atoms with E-state index in [1.165, 1.54) is 56.3 Å². The van der Waals surface area contributed by atoms with Gasteiger partial charge < -0.3 is 15.0 Å². The Labute approximate surface area is 206 Å². The number of nitrogens with zero attached hydrogens (tertiary/aromatic N) is 6. The largest absolute Gasteiger partial charge is 0.375 e. The Morgan fingerprint density at radius 1 is 1.06 bits per heavy atom. The third-order valence-corrected chi connectivity index (χ3v) is 8.12. The molecule has 0 spiro atoms. The van der Waals surface area contributed by atoms with Crippen molar-refractivity contribution in [2.24, 2.45) is 5.92 Å². The first-order valence-electron chi connectivity index (χ1n) is 13.2. The molecule has 1 unspecified atom stereocenters. The predicted octanol–water partition coefficient (Wildman–Crippen LogP) is 3.35. The van der Waals surface area contributed by atoms with Crippen LogP contribution in [0.5, 0.6) is 0 Å². The number of anilines is 1. The van der Waals surface area contributed by atoms with Gasteiger partial charge >= 0.3 is 0 Å². The quantitative estimate of drug-likeness (QED) is 0.540. The molecule has 1 atom stereocenters. The molecule has 0 aromatic carbocycles. The highest BCUT2D eigenvalue weighted by Crippen LogP contribution is 2.41. The molecule has 182 valence electrons. The molecule has 2 saturated heterocycles. The van der Waals surface area contributed by atoms with Crippen LogP contribution in [-0.2, 0) is 10.3 Å². The molecule has 0 bridgehead atoms. The van der Waals surface area contributed by atoms with E-state index in [4.69, 9.17) is 9.72 Å². The highest BCUT2D eigenvalue weighted by molar-refractivity contribution is 5.58. The Hall–Kier alpha value is -2.84. The molecule has 0 amide bonds. The van der Waals surface area contributed by atoms with Crippen LogP contribution in [-0.4, -0.2) is 63.9 Å².